The molecule has 0 saturated carbocycles. The van der Waals surface area contributed by atoms with Gasteiger partial charge >= 0.3 is 0 Å². The summed E-state index contributed by atoms with van der Waals surface area (Å²) in [4.78, 5) is 4.45. The average molecular weight is 242 g/mol. The fourth-order valence-corrected chi connectivity index (χ4v) is 1.86. The van der Waals surface area contributed by atoms with E-state index in [1.165, 1.54) is 0 Å². The molecule has 3 aromatic heterocycles. The van der Waals surface area contributed by atoms with Crippen molar-refractivity contribution in [2.45, 2.75) is 13.5 Å². The van der Waals surface area contributed by atoms with E-state index in [1.807, 2.05) is 43.0 Å². The maximum atomic E-state index is 4.45. The molecule has 0 saturated heterocycles. The van der Waals surface area contributed by atoms with Crippen molar-refractivity contribution in [3.8, 4) is 0 Å². The smallest absolute Gasteiger partial charge is 0.243 e. The van der Waals surface area contributed by atoms with Gasteiger partial charge in [0.2, 0.25) is 5.95 Å². The van der Waals surface area contributed by atoms with Gasteiger partial charge in [0.25, 0.3) is 0 Å². The average Bonchev–Trinajstić information content (AvgIpc) is 2.93. The number of hydrogen-bond donors (Lipinski definition) is 1. The minimum atomic E-state index is 0.630. The van der Waals surface area contributed by atoms with Gasteiger partial charge in [0.1, 0.15) is 0 Å². The highest BCUT2D eigenvalue weighted by Crippen LogP contribution is 2.10. The van der Waals surface area contributed by atoms with Crippen LogP contribution in [0.5, 0.6) is 0 Å². The molecule has 3 rings (SSSR count). The normalized spacial score (nSPS) is 11.0. The molecule has 92 valence electrons. The molecule has 1 N–H and O–H groups in total. The molecule has 3 aromatic rings. The lowest BCUT2D eigenvalue weighted by Gasteiger charge is -2.01. The molecule has 0 amide bonds. The molecular formula is C12H14N6. The summed E-state index contributed by atoms with van der Waals surface area (Å²) in [7, 11) is 1.91. The van der Waals surface area contributed by atoms with Crippen molar-refractivity contribution in [3.63, 3.8) is 0 Å². The molecule has 18 heavy (non-hydrogen) atoms. The zero-order valence-electron chi connectivity index (χ0n) is 10.3. The second kappa shape index (κ2) is 4.14. The SMILES string of the molecule is Cc1cccn2nc(NCc3ccnn3C)nc12. The third kappa shape index (κ3) is 1.81. The van der Waals surface area contributed by atoms with Crippen molar-refractivity contribution < 1.29 is 0 Å². The van der Waals surface area contributed by atoms with Crippen molar-refractivity contribution in [1.29, 1.82) is 0 Å². The third-order valence-corrected chi connectivity index (χ3v) is 2.91. The van der Waals surface area contributed by atoms with Crippen LogP contribution in [0.4, 0.5) is 5.95 Å². The van der Waals surface area contributed by atoms with Gasteiger partial charge in [0, 0.05) is 19.4 Å². The van der Waals surface area contributed by atoms with E-state index >= 15 is 0 Å². The van der Waals surface area contributed by atoms with Crippen LogP contribution < -0.4 is 5.32 Å². The number of rotatable bonds is 3. The number of anilines is 1. The van der Waals surface area contributed by atoms with Crippen LogP contribution in [-0.4, -0.2) is 24.4 Å². The Hall–Kier alpha value is -2.37. The van der Waals surface area contributed by atoms with Gasteiger partial charge in [-0.15, -0.1) is 5.10 Å². The van der Waals surface area contributed by atoms with E-state index in [-0.39, 0.29) is 0 Å². The number of hydrogen-bond acceptors (Lipinski definition) is 4. The van der Waals surface area contributed by atoms with E-state index in [9.17, 15) is 0 Å². The Morgan fingerprint density at radius 3 is 2.94 bits per heavy atom. The van der Waals surface area contributed by atoms with Crippen LogP contribution in [0.1, 0.15) is 11.3 Å². The van der Waals surface area contributed by atoms with Crippen molar-refractivity contribution in [3.05, 3.63) is 41.9 Å². The van der Waals surface area contributed by atoms with Gasteiger partial charge in [-0.3, -0.25) is 4.68 Å². The van der Waals surface area contributed by atoms with Gasteiger partial charge in [-0.2, -0.15) is 10.1 Å². The molecule has 0 aliphatic carbocycles. The van der Waals surface area contributed by atoms with Crippen LogP contribution >= 0.6 is 0 Å². The first-order valence-corrected chi connectivity index (χ1v) is 5.77. The molecular weight excluding hydrogens is 228 g/mol. The second-order valence-electron chi connectivity index (χ2n) is 4.19. The molecule has 3 heterocycles. The van der Waals surface area contributed by atoms with Crippen LogP contribution in [0.3, 0.4) is 0 Å². The molecule has 0 aromatic carbocycles. The summed E-state index contributed by atoms with van der Waals surface area (Å²) in [5.41, 5.74) is 3.08. The molecule has 0 unspecified atom stereocenters. The van der Waals surface area contributed by atoms with Gasteiger partial charge < -0.3 is 5.32 Å². The lowest BCUT2D eigenvalue weighted by molar-refractivity contribution is 0.719. The predicted molar refractivity (Wildman–Crippen MR) is 68.3 cm³/mol. The van der Waals surface area contributed by atoms with Crippen LogP contribution in [0, 0.1) is 6.92 Å². The van der Waals surface area contributed by atoms with E-state index in [2.05, 4.69) is 20.5 Å². The number of nitrogens with one attached hydrogen (secondary N) is 1. The van der Waals surface area contributed by atoms with E-state index in [4.69, 9.17) is 0 Å². The lowest BCUT2D eigenvalue weighted by atomic mass is 10.3. The number of aromatic nitrogens is 5. The molecule has 0 radical (unpaired) electrons. The first-order chi connectivity index (χ1) is 8.74. The van der Waals surface area contributed by atoms with Crippen molar-refractivity contribution in [2.24, 2.45) is 7.05 Å². The number of fused-ring (bicyclic) bond motifs is 1. The summed E-state index contributed by atoms with van der Waals surface area (Å²) < 4.78 is 3.61. The monoisotopic (exact) mass is 242 g/mol. The van der Waals surface area contributed by atoms with Crippen molar-refractivity contribution in [2.75, 3.05) is 5.32 Å². The summed E-state index contributed by atoms with van der Waals surface area (Å²) in [6.45, 7) is 2.68. The Bertz CT molecular complexity index is 681. The Kier molecular flexibility index (Phi) is 2.47. The van der Waals surface area contributed by atoms with Crippen LogP contribution in [0.2, 0.25) is 0 Å². The van der Waals surface area contributed by atoms with E-state index in [0.29, 0.717) is 12.5 Å². The first kappa shape index (κ1) is 10.8. The molecule has 0 atom stereocenters. The van der Waals surface area contributed by atoms with Gasteiger partial charge in [0.05, 0.1) is 12.2 Å². The third-order valence-electron chi connectivity index (χ3n) is 2.91. The quantitative estimate of drug-likeness (QED) is 0.754. The van der Waals surface area contributed by atoms with E-state index in [0.717, 1.165) is 16.9 Å². The standard InChI is InChI=1S/C12H14N6/c1-9-4-3-7-18-11(9)15-12(16-18)13-8-10-5-6-14-17(10)2/h3-7H,8H2,1-2H3,(H,13,16). The Morgan fingerprint density at radius 1 is 1.33 bits per heavy atom. The van der Waals surface area contributed by atoms with Crippen molar-refractivity contribution in [1.82, 2.24) is 24.4 Å². The summed E-state index contributed by atoms with van der Waals surface area (Å²) in [5.74, 6) is 0.630. The summed E-state index contributed by atoms with van der Waals surface area (Å²) in [5, 5.41) is 11.7. The van der Waals surface area contributed by atoms with Crippen LogP contribution in [0.15, 0.2) is 30.6 Å². The largest absolute Gasteiger partial charge is 0.347 e. The maximum Gasteiger partial charge on any atom is 0.243 e. The highest BCUT2D eigenvalue weighted by molar-refractivity contribution is 5.49. The molecule has 0 spiro atoms. The highest BCUT2D eigenvalue weighted by Gasteiger charge is 2.05. The van der Waals surface area contributed by atoms with E-state index < -0.39 is 0 Å². The summed E-state index contributed by atoms with van der Waals surface area (Å²) >= 11 is 0. The maximum absolute atomic E-state index is 4.45. The first-order valence-electron chi connectivity index (χ1n) is 5.77. The van der Waals surface area contributed by atoms with Gasteiger partial charge in [-0.25, -0.2) is 4.52 Å². The van der Waals surface area contributed by atoms with Crippen LogP contribution in [0.25, 0.3) is 5.65 Å². The Morgan fingerprint density at radius 2 is 2.22 bits per heavy atom. The predicted octanol–water partition coefficient (Wildman–Crippen LogP) is 1.38. The Labute approximate surface area is 104 Å². The molecule has 0 aliphatic heterocycles. The zero-order chi connectivity index (χ0) is 12.5. The number of nitrogens with zero attached hydrogens (tertiary/aromatic N) is 5. The fraction of sp³-hybridized carbons (Fsp3) is 0.250. The van der Waals surface area contributed by atoms with Crippen molar-refractivity contribution >= 4 is 11.6 Å². The Balaban J connectivity index is 1.83. The van der Waals surface area contributed by atoms with Gasteiger partial charge in [-0.05, 0) is 24.6 Å². The second-order valence-corrected chi connectivity index (χ2v) is 4.19. The van der Waals surface area contributed by atoms with Crippen LogP contribution in [-0.2, 0) is 13.6 Å². The molecule has 6 heteroatoms. The topological polar surface area (TPSA) is 60.0 Å². The van der Waals surface area contributed by atoms with Gasteiger partial charge in [0.15, 0.2) is 5.65 Å². The summed E-state index contributed by atoms with van der Waals surface area (Å²) in [6.07, 6.45) is 3.67. The highest BCUT2D eigenvalue weighted by atomic mass is 15.3. The minimum Gasteiger partial charge on any atom is -0.347 e. The number of pyridine rings is 1. The summed E-state index contributed by atoms with van der Waals surface area (Å²) in [6, 6.07) is 5.95. The molecule has 0 fully saturated rings. The minimum absolute atomic E-state index is 0.630. The fourth-order valence-electron chi connectivity index (χ4n) is 1.86. The zero-order valence-corrected chi connectivity index (χ0v) is 10.3. The number of aryl methyl sites for hydroxylation is 2. The molecule has 0 bridgehead atoms. The molecule has 0 aliphatic rings. The lowest BCUT2D eigenvalue weighted by Crippen LogP contribution is -2.06. The van der Waals surface area contributed by atoms with Gasteiger partial charge in [-0.1, -0.05) is 6.07 Å². The molecule has 6 nitrogen and oxygen atoms in total. The van der Waals surface area contributed by atoms with E-state index in [1.54, 1.807) is 10.7 Å².